The second-order valence-corrected chi connectivity index (χ2v) is 8.05. The molecule has 0 aromatic heterocycles. The van der Waals surface area contributed by atoms with Crippen molar-refractivity contribution in [2.24, 2.45) is 5.41 Å². The number of ether oxygens (including phenoxy) is 2. The Hall–Kier alpha value is -3.02. The van der Waals surface area contributed by atoms with E-state index in [1.807, 2.05) is 38.1 Å². The maximum atomic E-state index is 12.9. The van der Waals surface area contributed by atoms with Crippen LogP contribution in [0.1, 0.15) is 30.9 Å². The second-order valence-electron chi connectivity index (χ2n) is 8.05. The molecule has 1 saturated heterocycles. The molecule has 2 aromatic rings. The molecule has 2 aromatic carbocycles. The summed E-state index contributed by atoms with van der Waals surface area (Å²) in [4.78, 5) is 27.3. The summed E-state index contributed by atoms with van der Waals surface area (Å²) in [6.07, 6.45) is 1.55. The largest absolute Gasteiger partial charge is 0.497 e. The highest BCUT2D eigenvalue weighted by atomic mass is 16.5. The topological polar surface area (TPSA) is 67.9 Å². The normalized spacial score (nSPS) is 18.6. The number of carbonyl (C=O) groups excluding carboxylic acids is 2. The van der Waals surface area contributed by atoms with Crippen LogP contribution in [0.25, 0.3) is 0 Å². The van der Waals surface area contributed by atoms with E-state index in [-0.39, 0.29) is 18.4 Å². The molecular formula is C24H30N2O4. The molecular weight excluding hydrogens is 380 g/mol. The van der Waals surface area contributed by atoms with E-state index in [2.05, 4.69) is 5.32 Å². The van der Waals surface area contributed by atoms with Gasteiger partial charge in [-0.2, -0.15) is 0 Å². The first-order valence-electron chi connectivity index (χ1n) is 10.3. The minimum absolute atomic E-state index is 0.0145. The fourth-order valence-corrected chi connectivity index (χ4v) is 3.74. The van der Waals surface area contributed by atoms with Crippen LogP contribution >= 0.6 is 0 Å². The summed E-state index contributed by atoms with van der Waals surface area (Å²) in [5.74, 6) is 1.22. The van der Waals surface area contributed by atoms with Crippen molar-refractivity contribution < 1.29 is 19.1 Å². The quantitative estimate of drug-likeness (QED) is 0.760. The van der Waals surface area contributed by atoms with Crippen molar-refractivity contribution >= 4 is 11.8 Å². The van der Waals surface area contributed by atoms with Gasteiger partial charge in [0.15, 0.2) is 6.61 Å². The van der Waals surface area contributed by atoms with Crippen LogP contribution < -0.4 is 14.8 Å². The lowest BCUT2D eigenvalue weighted by atomic mass is 9.81. The number of hydrogen-bond donors (Lipinski definition) is 1. The van der Waals surface area contributed by atoms with Gasteiger partial charge in [-0.1, -0.05) is 24.3 Å². The molecule has 6 heteroatoms. The summed E-state index contributed by atoms with van der Waals surface area (Å²) in [6, 6.07) is 15.1. The van der Waals surface area contributed by atoms with Gasteiger partial charge in [-0.25, -0.2) is 0 Å². The third-order valence-electron chi connectivity index (χ3n) is 5.72. The number of aryl methyl sites for hydroxylation is 1. The molecule has 0 unspecified atom stereocenters. The number of hydrogen-bond acceptors (Lipinski definition) is 4. The van der Waals surface area contributed by atoms with Crippen LogP contribution in [-0.2, 0) is 16.1 Å². The summed E-state index contributed by atoms with van der Waals surface area (Å²) < 4.78 is 10.7. The van der Waals surface area contributed by atoms with Crippen molar-refractivity contribution in [2.75, 3.05) is 26.8 Å². The first kappa shape index (κ1) is 21.7. The van der Waals surface area contributed by atoms with E-state index < -0.39 is 5.41 Å². The zero-order valence-corrected chi connectivity index (χ0v) is 17.9. The van der Waals surface area contributed by atoms with Gasteiger partial charge in [0.25, 0.3) is 5.91 Å². The monoisotopic (exact) mass is 410 g/mol. The van der Waals surface area contributed by atoms with E-state index in [1.165, 1.54) is 0 Å². The molecule has 0 aliphatic carbocycles. The number of methoxy groups -OCH3 is 1. The SMILES string of the molecule is COc1ccc(OCC(=O)N2CCC[C@](C)(C(=O)NCc3ccccc3C)C2)cc1. The molecule has 1 heterocycles. The maximum absolute atomic E-state index is 12.9. The molecule has 1 atom stereocenters. The molecule has 1 aliphatic rings. The molecule has 1 N–H and O–H groups in total. The van der Waals surface area contributed by atoms with Crippen molar-refractivity contribution in [1.29, 1.82) is 0 Å². The number of rotatable bonds is 7. The zero-order chi connectivity index (χ0) is 21.6. The first-order valence-corrected chi connectivity index (χ1v) is 10.3. The predicted octanol–water partition coefficient (Wildman–Crippen LogP) is 3.33. The molecule has 0 spiro atoms. The molecule has 0 bridgehead atoms. The molecule has 1 aliphatic heterocycles. The Labute approximate surface area is 178 Å². The van der Waals surface area contributed by atoms with Gasteiger partial charge < -0.3 is 19.7 Å². The van der Waals surface area contributed by atoms with E-state index in [0.29, 0.717) is 25.4 Å². The Morgan fingerprint density at radius 1 is 1.10 bits per heavy atom. The second kappa shape index (κ2) is 9.65. The van der Waals surface area contributed by atoms with Crippen molar-refractivity contribution in [2.45, 2.75) is 33.2 Å². The molecule has 0 radical (unpaired) electrons. The van der Waals surface area contributed by atoms with Crippen molar-refractivity contribution in [3.05, 3.63) is 59.7 Å². The Bertz CT molecular complexity index is 881. The van der Waals surface area contributed by atoms with Gasteiger partial charge in [0.1, 0.15) is 11.5 Å². The van der Waals surface area contributed by atoms with Gasteiger partial charge >= 0.3 is 0 Å². The average molecular weight is 411 g/mol. The molecule has 6 nitrogen and oxygen atoms in total. The fourth-order valence-electron chi connectivity index (χ4n) is 3.74. The number of carbonyl (C=O) groups is 2. The molecule has 0 saturated carbocycles. The van der Waals surface area contributed by atoms with E-state index in [4.69, 9.17) is 9.47 Å². The van der Waals surface area contributed by atoms with Gasteiger partial charge in [-0.15, -0.1) is 0 Å². The van der Waals surface area contributed by atoms with E-state index in [1.54, 1.807) is 36.3 Å². The number of nitrogens with zero attached hydrogens (tertiary/aromatic N) is 1. The standard InChI is InChI=1S/C24H30N2O4/c1-18-7-4-5-8-19(18)15-25-23(28)24(2)13-6-14-26(17-24)22(27)16-30-21-11-9-20(29-3)10-12-21/h4-5,7-12H,6,13-17H2,1-3H3,(H,25,28)/t24-/m0/s1. The van der Waals surface area contributed by atoms with Gasteiger partial charge in [-0.3, -0.25) is 9.59 Å². The summed E-state index contributed by atoms with van der Waals surface area (Å²) >= 11 is 0. The number of piperidine rings is 1. The van der Waals surface area contributed by atoms with Gasteiger partial charge in [0.2, 0.25) is 5.91 Å². The van der Waals surface area contributed by atoms with Crippen LogP contribution in [-0.4, -0.2) is 43.5 Å². The number of amides is 2. The maximum Gasteiger partial charge on any atom is 0.260 e. The number of benzene rings is 2. The summed E-state index contributed by atoms with van der Waals surface area (Å²) in [5, 5.41) is 3.06. The number of nitrogens with one attached hydrogen (secondary N) is 1. The van der Waals surface area contributed by atoms with Gasteiger partial charge in [-0.05, 0) is 62.1 Å². The minimum atomic E-state index is -0.600. The van der Waals surface area contributed by atoms with E-state index >= 15 is 0 Å². The predicted molar refractivity (Wildman–Crippen MR) is 115 cm³/mol. The van der Waals surface area contributed by atoms with Crippen LogP contribution in [0.5, 0.6) is 11.5 Å². The van der Waals surface area contributed by atoms with Crippen molar-refractivity contribution in [1.82, 2.24) is 10.2 Å². The van der Waals surface area contributed by atoms with Crippen molar-refractivity contribution in [3.8, 4) is 11.5 Å². The first-order chi connectivity index (χ1) is 14.4. The third kappa shape index (κ3) is 5.32. The highest BCUT2D eigenvalue weighted by Gasteiger charge is 2.39. The highest BCUT2D eigenvalue weighted by molar-refractivity contribution is 5.84. The van der Waals surface area contributed by atoms with E-state index in [0.717, 1.165) is 29.7 Å². The third-order valence-corrected chi connectivity index (χ3v) is 5.72. The smallest absolute Gasteiger partial charge is 0.260 e. The van der Waals surface area contributed by atoms with Crippen LogP contribution in [0.2, 0.25) is 0 Å². The molecule has 3 rings (SSSR count). The van der Waals surface area contributed by atoms with Crippen molar-refractivity contribution in [3.63, 3.8) is 0 Å². The van der Waals surface area contributed by atoms with Crippen LogP contribution in [0.15, 0.2) is 48.5 Å². The zero-order valence-electron chi connectivity index (χ0n) is 17.9. The fraction of sp³-hybridized carbons (Fsp3) is 0.417. The lowest BCUT2D eigenvalue weighted by Crippen LogP contribution is -2.52. The molecule has 1 fully saturated rings. The molecule has 30 heavy (non-hydrogen) atoms. The highest BCUT2D eigenvalue weighted by Crippen LogP contribution is 2.30. The lowest BCUT2D eigenvalue weighted by molar-refractivity contribution is -0.142. The van der Waals surface area contributed by atoms with Gasteiger partial charge in [0, 0.05) is 19.6 Å². The Morgan fingerprint density at radius 3 is 2.50 bits per heavy atom. The van der Waals surface area contributed by atoms with Gasteiger partial charge in [0.05, 0.1) is 12.5 Å². The summed E-state index contributed by atoms with van der Waals surface area (Å²) in [6.45, 7) is 5.46. The number of likely N-dealkylation sites (tertiary alicyclic amines) is 1. The van der Waals surface area contributed by atoms with E-state index in [9.17, 15) is 9.59 Å². The lowest BCUT2D eigenvalue weighted by Gasteiger charge is -2.39. The summed E-state index contributed by atoms with van der Waals surface area (Å²) in [5.41, 5.74) is 1.65. The molecule has 2 amide bonds. The van der Waals surface area contributed by atoms with Crippen LogP contribution in [0.4, 0.5) is 0 Å². The Kier molecular flexibility index (Phi) is 6.98. The molecule has 160 valence electrons. The van der Waals surface area contributed by atoms with Crippen LogP contribution in [0, 0.1) is 12.3 Å². The van der Waals surface area contributed by atoms with Crippen LogP contribution in [0.3, 0.4) is 0 Å². The Morgan fingerprint density at radius 2 is 1.80 bits per heavy atom. The minimum Gasteiger partial charge on any atom is -0.497 e. The Balaban J connectivity index is 1.54. The summed E-state index contributed by atoms with van der Waals surface area (Å²) in [7, 11) is 1.60. The average Bonchev–Trinajstić information content (AvgIpc) is 2.77.